The molecule has 1 aromatic heterocycles. The number of carbonyl (C=O) groups is 3. The molecule has 1 atom stereocenters. The zero-order valence-corrected chi connectivity index (χ0v) is 16.6. The number of nitrogens with zero attached hydrogens (tertiary/aromatic N) is 2. The highest BCUT2D eigenvalue weighted by Crippen LogP contribution is 2.27. The normalized spacial score (nSPS) is 14.0. The summed E-state index contributed by atoms with van der Waals surface area (Å²) in [7, 11) is 0. The lowest BCUT2D eigenvalue weighted by Crippen LogP contribution is -2.47. The van der Waals surface area contributed by atoms with Crippen molar-refractivity contribution in [3.63, 3.8) is 0 Å². The number of esters is 1. The van der Waals surface area contributed by atoms with Gasteiger partial charge in [-0.05, 0) is 31.5 Å². The first kappa shape index (κ1) is 19.6. The van der Waals surface area contributed by atoms with Crippen molar-refractivity contribution in [1.29, 1.82) is 0 Å². The van der Waals surface area contributed by atoms with Crippen LogP contribution in [0.3, 0.4) is 0 Å². The number of amides is 2. The maximum Gasteiger partial charge on any atom is 0.330 e. The number of aryl methyl sites for hydroxylation is 2. The van der Waals surface area contributed by atoms with Crippen LogP contribution in [-0.2, 0) is 22.6 Å². The number of ether oxygens (including phenoxy) is 1. The van der Waals surface area contributed by atoms with Gasteiger partial charge in [-0.2, -0.15) is 0 Å². The van der Waals surface area contributed by atoms with Gasteiger partial charge in [-0.1, -0.05) is 47.6 Å². The van der Waals surface area contributed by atoms with Gasteiger partial charge in [-0.25, -0.2) is 4.79 Å². The maximum atomic E-state index is 13.1. The Bertz CT molecular complexity index is 1070. The van der Waals surface area contributed by atoms with E-state index in [0.717, 1.165) is 10.5 Å². The zero-order chi connectivity index (χ0) is 21.3. The van der Waals surface area contributed by atoms with Crippen molar-refractivity contribution >= 4 is 17.8 Å². The lowest BCUT2D eigenvalue weighted by atomic mass is 10.0. The van der Waals surface area contributed by atoms with Crippen LogP contribution in [0.4, 0.5) is 0 Å². The minimum absolute atomic E-state index is 0.0472. The molecular weight excluding hydrogens is 384 g/mol. The van der Waals surface area contributed by atoms with Gasteiger partial charge in [0.05, 0.1) is 22.4 Å². The molecule has 0 unspecified atom stereocenters. The van der Waals surface area contributed by atoms with E-state index in [-0.39, 0.29) is 13.0 Å². The topological polar surface area (TPSA) is 89.7 Å². The van der Waals surface area contributed by atoms with Crippen LogP contribution in [0.2, 0.25) is 0 Å². The lowest BCUT2D eigenvalue weighted by Gasteiger charge is -2.24. The van der Waals surface area contributed by atoms with Crippen molar-refractivity contribution in [3.8, 4) is 0 Å². The predicted molar refractivity (Wildman–Crippen MR) is 107 cm³/mol. The zero-order valence-electron chi connectivity index (χ0n) is 16.6. The minimum atomic E-state index is -1.08. The largest absolute Gasteiger partial charge is 0.459 e. The van der Waals surface area contributed by atoms with E-state index in [4.69, 9.17) is 9.26 Å². The Hall–Kier alpha value is -3.74. The van der Waals surface area contributed by atoms with Gasteiger partial charge in [0.1, 0.15) is 18.4 Å². The number of aromatic nitrogens is 1. The van der Waals surface area contributed by atoms with Crippen molar-refractivity contribution in [2.24, 2.45) is 0 Å². The smallest absolute Gasteiger partial charge is 0.330 e. The van der Waals surface area contributed by atoms with Crippen molar-refractivity contribution in [2.45, 2.75) is 32.9 Å². The van der Waals surface area contributed by atoms with Crippen LogP contribution in [-0.4, -0.2) is 33.9 Å². The number of imide groups is 1. The fourth-order valence-corrected chi connectivity index (χ4v) is 3.56. The van der Waals surface area contributed by atoms with Crippen LogP contribution >= 0.6 is 0 Å². The fraction of sp³-hybridized carbons (Fsp3) is 0.217. The molecule has 0 saturated heterocycles. The summed E-state index contributed by atoms with van der Waals surface area (Å²) >= 11 is 0. The number of rotatable bonds is 6. The molecule has 2 aromatic carbocycles. The first-order chi connectivity index (χ1) is 14.5. The molecule has 0 saturated carbocycles. The molecule has 0 bridgehead atoms. The number of fused-ring (bicyclic) bond motifs is 1. The monoisotopic (exact) mass is 404 g/mol. The summed E-state index contributed by atoms with van der Waals surface area (Å²) in [6.45, 7) is 3.44. The maximum absolute atomic E-state index is 13.1. The molecular formula is C23H20N2O5. The Balaban J connectivity index is 1.62. The van der Waals surface area contributed by atoms with E-state index in [1.165, 1.54) is 0 Å². The Morgan fingerprint density at radius 3 is 2.17 bits per heavy atom. The molecule has 3 aromatic rings. The molecule has 1 aliphatic rings. The highest BCUT2D eigenvalue weighted by Gasteiger charge is 2.43. The third-order valence-corrected chi connectivity index (χ3v) is 5.22. The van der Waals surface area contributed by atoms with Crippen molar-refractivity contribution in [3.05, 3.63) is 88.3 Å². The van der Waals surface area contributed by atoms with E-state index < -0.39 is 23.8 Å². The number of hydrogen-bond donors (Lipinski definition) is 0. The molecule has 2 heterocycles. The Labute approximate surface area is 173 Å². The molecule has 0 aliphatic carbocycles. The molecule has 0 spiro atoms. The molecule has 7 heteroatoms. The third kappa shape index (κ3) is 3.50. The quantitative estimate of drug-likeness (QED) is 0.463. The third-order valence-electron chi connectivity index (χ3n) is 5.22. The number of carbonyl (C=O) groups excluding carboxylic acids is 3. The summed E-state index contributed by atoms with van der Waals surface area (Å²) in [6.07, 6.45) is 0.159. The second-order valence-corrected chi connectivity index (χ2v) is 7.14. The Morgan fingerprint density at radius 1 is 1.00 bits per heavy atom. The molecule has 4 rings (SSSR count). The van der Waals surface area contributed by atoms with Crippen molar-refractivity contribution in [2.75, 3.05) is 0 Å². The standard InChI is InChI=1S/C23H20N2O5/c1-14-19(15(2)30-24-14)13-29-23(28)20(12-16-8-4-3-5-9-16)25-21(26)17-10-6-7-11-18(17)22(25)27/h3-11,20H,12-13H2,1-2H3/t20-/m0/s1. The molecule has 0 N–H and O–H groups in total. The Kier molecular flexibility index (Phi) is 5.18. The summed E-state index contributed by atoms with van der Waals surface area (Å²) in [5.41, 5.74) is 2.69. The molecule has 152 valence electrons. The van der Waals surface area contributed by atoms with Crippen LogP contribution in [0, 0.1) is 13.8 Å². The van der Waals surface area contributed by atoms with Crippen molar-refractivity contribution < 1.29 is 23.6 Å². The molecule has 2 amide bonds. The van der Waals surface area contributed by atoms with Crippen LogP contribution in [0.25, 0.3) is 0 Å². The van der Waals surface area contributed by atoms with Gasteiger partial charge in [0.2, 0.25) is 0 Å². The van der Waals surface area contributed by atoms with E-state index in [1.54, 1.807) is 38.1 Å². The van der Waals surface area contributed by atoms with Crippen LogP contribution in [0.15, 0.2) is 59.1 Å². The first-order valence-electron chi connectivity index (χ1n) is 9.56. The fourth-order valence-electron chi connectivity index (χ4n) is 3.56. The summed E-state index contributed by atoms with van der Waals surface area (Å²) in [5.74, 6) is -1.09. The van der Waals surface area contributed by atoms with Gasteiger partial charge in [0.25, 0.3) is 11.8 Å². The summed E-state index contributed by atoms with van der Waals surface area (Å²) in [4.78, 5) is 40.0. The van der Waals surface area contributed by atoms with Crippen LogP contribution in [0.1, 0.15) is 43.3 Å². The summed E-state index contributed by atoms with van der Waals surface area (Å²) in [6, 6.07) is 14.7. The van der Waals surface area contributed by atoms with E-state index in [2.05, 4.69) is 5.16 Å². The van der Waals surface area contributed by atoms with Crippen molar-refractivity contribution in [1.82, 2.24) is 10.1 Å². The van der Waals surface area contributed by atoms with E-state index >= 15 is 0 Å². The van der Waals surface area contributed by atoms with Crippen LogP contribution in [0.5, 0.6) is 0 Å². The van der Waals surface area contributed by atoms with Gasteiger partial charge in [-0.3, -0.25) is 14.5 Å². The van der Waals surface area contributed by atoms with Gasteiger partial charge in [0, 0.05) is 6.42 Å². The van der Waals surface area contributed by atoms with Gasteiger partial charge in [0.15, 0.2) is 0 Å². The SMILES string of the molecule is Cc1noc(C)c1COC(=O)[C@H](Cc1ccccc1)N1C(=O)c2ccccc2C1=O. The summed E-state index contributed by atoms with van der Waals surface area (Å²) in [5, 5.41) is 3.85. The summed E-state index contributed by atoms with van der Waals surface area (Å²) < 4.78 is 10.6. The molecule has 7 nitrogen and oxygen atoms in total. The minimum Gasteiger partial charge on any atom is -0.459 e. The van der Waals surface area contributed by atoms with Gasteiger partial charge >= 0.3 is 5.97 Å². The van der Waals surface area contributed by atoms with E-state index in [1.807, 2.05) is 30.3 Å². The second kappa shape index (κ2) is 7.94. The average molecular weight is 404 g/mol. The molecule has 0 fully saturated rings. The highest BCUT2D eigenvalue weighted by molar-refractivity contribution is 6.22. The van der Waals surface area contributed by atoms with E-state index in [9.17, 15) is 14.4 Å². The number of hydrogen-bond acceptors (Lipinski definition) is 6. The predicted octanol–water partition coefficient (Wildman–Crippen LogP) is 3.24. The lowest BCUT2D eigenvalue weighted by molar-refractivity contribution is -0.149. The van der Waals surface area contributed by atoms with Gasteiger partial charge in [-0.15, -0.1) is 0 Å². The Morgan fingerprint density at radius 2 is 1.60 bits per heavy atom. The molecule has 0 radical (unpaired) electrons. The highest BCUT2D eigenvalue weighted by atomic mass is 16.5. The van der Waals surface area contributed by atoms with Gasteiger partial charge < -0.3 is 9.26 Å². The van der Waals surface area contributed by atoms with Crippen LogP contribution < -0.4 is 0 Å². The first-order valence-corrected chi connectivity index (χ1v) is 9.56. The number of benzene rings is 2. The molecule has 30 heavy (non-hydrogen) atoms. The van der Waals surface area contributed by atoms with E-state index in [0.29, 0.717) is 28.1 Å². The second-order valence-electron chi connectivity index (χ2n) is 7.14. The molecule has 1 aliphatic heterocycles. The average Bonchev–Trinajstić information content (AvgIpc) is 3.21.